The Labute approximate surface area is 132 Å². The lowest BCUT2D eigenvalue weighted by Crippen LogP contribution is -2.29. The molecule has 1 aliphatic heterocycles. The van der Waals surface area contributed by atoms with Crippen molar-refractivity contribution in [2.24, 2.45) is 4.99 Å². The Balaban J connectivity index is 1.89. The minimum absolute atomic E-state index is 0.263. The minimum atomic E-state index is 0.263. The SMILES string of the molecule is Cc1cccc(C(Cc2ccncc2)NC2=NCCC2)c1C. The van der Waals surface area contributed by atoms with Gasteiger partial charge in [0, 0.05) is 25.4 Å². The maximum atomic E-state index is 4.59. The first-order valence-corrected chi connectivity index (χ1v) is 7.99. The van der Waals surface area contributed by atoms with Crippen LogP contribution in [0.5, 0.6) is 0 Å². The number of amidine groups is 1. The monoisotopic (exact) mass is 293 g/mol. The number of aryl methyl sites for hydroxylation is 1. The van der Waals surface area contributed by atoms with E-state index in [2.05, 4.69) is 59.5 Å². The molecule has 1 unspecified atom stereocenters. The van der Waals surface area contributed by atoms with Crippen molar-refractivity contribution in [3.63, 3.8) is 0 Å². The van der Waals surface area contributed by atoms with E-state index in [0.29, 0.717) is 0 Å². The lowest BCUT2D eigenvalue weighted by atomic mass is 9.93. The molecule has 114 valence electrons. The quantitative estimate of drug-likeness (QED) is 0.932. The topological polar surface area (TPSA) is 37.3 Å². The predicted octanol–water partition coefficient (Wildman–Crippen LogP) is 3.76. The summed E-state index contributed by atoms with van der Waals surface area (Å²) in [6, 6.07) is 11.0. The van der Waals surface area contributed by atoms with Crippen molar-refractivity contribution in [1.82, 2.24) is 10.3 Å². The molecule has 0 aliphatic carbocycles. The maximum absolute atomic E-state index is 4.59. The van der Waals surface area contributed by atoms with E-state index < -0.39 is 0 Å². The van der Waals surface area contributed by atoms with Crippen molar-refractivity contribution >= 4 is 5.84 Å². The van der Waals surface area contributed by atoms with E-state index in [4.69, 9.17) is 0 Å². The van der Waals surface area contributed by atoms with Gasteiger partial charge in [0.25, 0.3) is 0 Å². The summed E-state index contributed by atoms with van der Waals surface area (Å²) in [5.74, 6) is 1.15. The van der Waals surface area contributed by atoms with Gasteiger partial charge in [-0.05, 0) is 61.1 Å². The fraction of sp³-hybridized carbons (Fsp3) is 0.368. The molecule has 3 rings (SSSR count). The zero-order valence-electron chi connectivity index (χ0n) is 13.3. The fourth-order valence-corrected chi connectivity index (χ4v) is 3.00. The highest BCUT2D eigenvalue weighted by atomic mass is 15.0. The van der Waals surface area contributed by atoms with E-state index in [1.165, 1.54) is 22.3 Å². The largest absolute Gasteiger partial charge is 0.367 e. The number of aliphatic imine (C=N–C) groups is 1. The molecule has 2 aromatic rings. The third-order valence-electron chi connectivity index (χ3n) is 4.43. The van der Waals surface area contributed by atoms with Crippen LogP contribution in [0.2, 0.25) is 0 Å². The van der Waals surface area contributed by atoms with Crippen LogP contribution in [0.3, 0.4) is 0 Å². The lowest BCUT2D eigenvalue weighted by molar-refractivity contribution is 0.633. The van der Waals surface area contributed by atoms with Crippen LogP contribution in [-0.2, 0) is 6.42 Å². The number of pyridine rings is 1. The zero-order chi connectivity index (χ0) is 15.4. The van der Waals surface area contributed by atoms with Gasteiger partial charge in [0.05, 0.1) is 11.9 Å². The van der Waals surface area contributed by atoms with Gasteiger partial charge in [-0.25, -0.2) is 0 Å². The Morgan fingerprint density at radius 3 is 2.68 bits per heavy atom. The highest BCUT2D eigenvalue weighted by Gasteiger charge is 2.18. The van der Waals surface area contributed by atoms with E-state index in [-0.39, 0.29) is 6.04 Å². The highest BCUT2D eigenvalue weighted by Crippen LogP contribution is 2.24. The first-order valence-electron chi connectivity index (χ1n) is 7.99. The number of nitrogens with zero attached hydrogens (tertiary/aromatic N) is 2. The van der Waals surface area contributed by atoms with Crippen molar-refractivity contribution in [2.45, 2.75) is 39.2 Å². The number of hydrogen-bond acceptors (Lipinski definition) is 3. The Kier molecular flexibility index (Phi) is 4.52. The first-order chi connectivity index (χ1) is 10.7. The molecule has 22 heavy (non-hydrogen) atoms. The second-order valence-electron chi connectivity index (χ2n) is 5.98. The summed E-state index contributed by atoms with van der Waals surface area (Å²) in [5, 5.41) is 3.68. The Morgan fingerprint density at radius 2 is 1.95 bits per heavy atom. The van der Waals surface area contributed by atoms with Gasteiger partial charge in [0.2, 0.25) is 0 Å². The molecule has 0 radical (unpaired) electrons. The van der Waals surface area contributed by atoms with Crippen LogP contribution in [0.1, 0.15) is 41.1 Å². The highest BCUT2D eigenvalue weighted by molar-refractivity contribution is 5.84. The molecule has 1 aliphatic rings. The van der Waals surface area contributed by atoms with Crippen molar-refractivity contribution in [3.8, 4) is 0 Å². The molecule has 3 heteroatoms. The summed E-state index contributed by atoms with van der Waals surface area (Å²) in [4.78, 5) is 8.70. The van der Waals surface area contributed by atoms with Crippen LogP contribution in [0, 0.1) is 13.8 Å². The summed E-state index contributed by atoms with van der Waals surface area (Å²) in [6.45, 7) is 5.34. The number of rotatable bonds is 4. The molecule has 1 aromatic heterocycles. The summed E-state index contributed by atoms with van der Waals surface area (Å²) in [7, 11) is 0. The normalized spacial score (nSPS) is 15.5. The van der Waals surface area contributed by atoms with E-state index in [1.807, 2.05) is 12.4 Å². The van der Waals surface area contributed by atoms with Gasteiger partial charge in [-0.15, -0.1) is 0 Å². The summed E-state index contributed by atoms with van der Waals surface area (Å²) < 4.78 is 0. The average Bonchev–Trinajstić information content (AvgIpc) is 3.03. The predicted molar refractivity (Wildman–Crippen MR) is 91.3 cm³/mol. The molecule has 2 heterocycles. The van der Waals surface area contributed by atoms with Gasteiger partial charge in [0.1, 0.15) is 0 Å². The maximum Gasteiger partial charge on any atom is 0.0968 e. The minimum Gasteiger partial charge on any atom is -0.367 e. The second kappa shape index (κ2) is 6.73. The number of hydrogen-bond donors (Lipinski definition) is 1. The summed E-state index contributed by atoms with van der Waals surface area (Å²) in [5.41, 5.74) is 5.37. The van der Waals surface area contributed by atoms with Gasteiger partial charge in [0.15, 0.2) is 0 Å². The van der Waals surface area contributed by atoms with Gasteiger partial charge < -0.3 is 5.32 Å². The molecule has 0 saturated carbocycles. The van der Waals surface area contributed by atoms with E-state index >= 15 is 0 Å². The molecule has 0 saturated heterocycles. The van der Waals surface area contributed by atoms with Crippen molar-refractivity contribution in [2.75, 3.05) is 6.54 Å². The van der Waals surface area contributed by atoms with Crippen LogP contribution in [0.4, 0.5) is 0 Å². The third kappa shape index (κ3) is 3.35. The molecule has 1 aromatic carbocycles. The first kappa shape index (κ1) is 14.8. The number of aromatic nitrogens is 1. The smallest absolute Gasteiger partial charge is 0.0968 e. The van der Waals surface area contributed by atoms with Crippen molar-refractivity contribution in [1.29, 1.82) is 0 Å². The number of nitrogens with one attached hydrogen (secondary N) is 1. The Bertz CT molecular complexity index is 662. The fourth-order valence-electron chi connectivity index (χ4n) is 3.00. The summed E-state index contributed by atoms with van der Waals surface area (Å²) in [6.07, 6.45) is 6.91. The molecule has 0 bridgehead atoms. The second-order valence-corrected chi connectivity index (χ2v) is 5.98. The molecule has 1 atom stereocenters. The number of benzene rings is 1. The molecule has 3 nitrogen and oxygen atoms in total. The van der Waals surface area contributed by atoms with Crippen LogP contribution in [-0.4, -0.2) is 17.4 Å². The molecular weight excluding hydrogens is 270 g/mol. The van der Waals surface area contributed by atoms with Crippen LogP contribution in [0.25, 0.3) is 0 Å². The Morgan fingerprint density at radius 1 is 1.14 bits per heavy atom. The molecule has 0 amide bonds. The van der Waals surface area contributed by atoms with Gasteiger partial charge in [-0.2, -0.15) is 0 Å². The van der Waals surface area contributed by atoms with Gasteiger partial charge >= 0.3 is 0 Å². The van der Waals surface area contributed by atoms with E-state index in [9.17, 15) is 0 Å². The van der Waals surface area contributed by atoms with Gasteiger partial charge in [-0.3, -0.25) is 9.98 Å². The van der Waals surface area contributed by atoms with Crippen molar-refractivity contribution < 1.29 is 0 Å². The molecule has 0 fully saturated rings. The van der Waals surface area contributed by atoms with Crippen LogP contribution in [0.15, 0.2) is 47.7 Å². The molecular formula is C19H23N3. The van der Waals surface area contributed by atoms with Gasteiger partial charge in [-0.1, -0.05) is 18.2 Å². The summed E-state index contributed by atoms with van der Waals surface area (Å²) >= 11 is 0. The van der Waals surface area contributed by atoms with Crippen molar-refractivity contribution in [3.05, 3.63) is 65.0 Å². The average molecular weight is 293 g/mol. The van der Waals surface area contributed by atoms with E-state index in [0.717, 1.165) is 31.6 Å². The van der Waals surface area contributed by atoms with E-state index in [1.54, 1.807) is 0 Å². The van der Waals surface area contributed by atoms with Crippen LogP contribution >= 0.6 is 0 Å². The molecule has 0 spiro atoms. The zero-order valence-corrected chi connectivity index (χ0v) is 13.3. The molecule has 1 N–H and O–H groups in total. The lowest BCUT2D eigenvalue weighted by Gasteiger charge is -2.23. The van der Waals surface area contributed by atoms with Crippen LogP contribution < -0.4 is 5.32 Å². The standard InChI is InChI=1S/C19H23N3/c1-14-5-3-6-17(15(14)2)18(22-19-7-4-10-21-19)13-16-8-11-20-12-9-16/h3,5-6,8-9,11-12,18H,4,7,10,13H2,1-2H3,(H,21,22). The third-order valence-corrected chi connectivity index (χ3v) is 4.43. The Hall–Kier alpha value is -2.16.